The number of hydrogen-bond acceptors (Lipinski definition) is 3. The predicted octanol–water partition coefficient (Wildman–Crippen LogP) is 2.93. The molecule has 0 radical (unpaired) electrons. The van der Waals surface area contributed by atoms with Gasteiger partial charge in [0, 0.05) is 6.42 Å². The van der Waals surface area contributed by atoms with E-state index in [-0.39, 0.29) is 24.7 Å². The first kappa shape index (κ1) is 14.5. The zero-order valence-corrected chi connectivity index (χ0v) is 11.2. The van der Waals surface area contributed by atoms with Gasteiger partial charge in [-0.2, -0.15) is 0 Å². The normalized spacial score (nSPS) is 9.94. The van der Waals surface area contributed by atoms with Gasteiger partial charge in [-0.25, -0.2) is 0 Å². The quantitative estimate of drug-likeness (QED) is 0.836. The molecule has 0 saturated carbocycles. The van der Waals surface area contributed by atoms with E-state index in [0.29, 0.717) is 17.3 Å². The zero-order chi connectivity index (χ0) is 13.5. The van der Waals surface area contributed by atoms with Crippen LogP contribution in [0.1, 0.15) is 25.3 Å². The molecule has 0 atom stereocenters. The molecule has 0 bridgehead atoms. The monoisotopic (exact) mass is 269 g/mol. The summed E-state index contributed by atoms with van der Waals surface area (Å²) in [5.74, 6) is -0.626. The van der Waals surface area contributed by atoms with Crippen molar-refractivity contribution in [1.82, 2.24) is 0 Å². The molecule has 1 rings (SSSR count). The molecule has 0 aromatic heterocycles. The zero-order valence-electron chi connectivity index (χ0n) is 10.5. The number of esters is 1. The van der Waals surface area contributed by atoms with Gasteiger partial charge in [-0.3, -0.25) is 9.59 Å². The molecule has 1 aromatic rings. The molecule has 18 heavy (non-hydrogen) atoms. The van der Waals surface area contributed by atoms with Crippen LogP contribution in [0.2, 0.25) is 5.02 Å². The third-order valence-corrected chi connectivity index (χ3v) is 2.59. The first-order valence-corrected chi connectivity index (χ1v) is 6.12. The van der Waals surface area contributed by atoms with Crippen molar-refractivity contribution in [2.45, 2.75) is 26.7 Å². The molecule has 0 fully saturated rings. The van der Waals surface area contributed by atoms with Crippen LogP contribution >= 0.6 is 11.6 Å². The lowest BCUT2D eigenvalue weighted by Crippen LogP contribution is -2.14. The number of hydrogen-bond donors (Lipinski definition) is 1. The van der Waals surface area contributed by atoms with Crippen molar-refractivity contribution in [3.8, 4) is 0 Å². The van der Waals surface area contributed by atoms with Crippen molar-refractivity contribution in [2.75, 3.05) is 11.9 Å². The molecular weight excluding hydrogens is 254 g/mol. The van der Waals surface area contributed by atoms with E-state index in [1.165, 1.54) is 0 Å². The van der Waals surface area contributed by atoms with E-state index in [9.17, 15) is 9.59 Å². The Morgan fingerprint density at radius 2 is 2.06 bits per heavy atom. The number of ether oxygens (including phenoxy) is 1. The number of aryl methyl sites for hydroxylation is 1. The fourth-order valence-corrected chi connectivity index (χ4v) is 1.56. The minimum Gasteiger partial charge on any atom is -0.466 e. The predicted molar refractivity (Wildman–Crippen MR) is 70.7 cm³/mol. The van der Waals surface area contributed by atoms with Crippen LogP contribution in [0.5, 0.6) is 0 Å². The van der Waals surface area contributed by atoms with Gasteiger partial charge in [0.05, 0.1) is 23.7 Å². The van der Waals surface area contributed by atoms with Gasteiger partial charge in [-0.15, -0.1) is 0 Å². The summed E-state index contributed by atoms with van der Waals surface area (Å²) in [6.07, 6.45) is 0.159. The maximum absolute atomic E-state index is 11.6. The van der Waals surface area contributed by atoms with Gasteiger partial charge in [0.2, 0.25) is 5.91 Å². The summed E-state index contributed by atoms with van der Waals surface area (Å²) in [6, 6.07) is 5.36. The van der Waals surface area contributed by atoms with Crippen LogP contribution in [-0.4, -0.2) is 18.5 Å². The van der Waals surface area contributed by atoms with Crippen LogP contribution in [0.3, 0.4) is 0 Å². The summed E-state index contributed by atoms with van der Waals surface area (Å²) in [7, 11) is 0. The van der Waals surface area contributed by atoms with E-state index in [4.69, 9.17) is 16.3 Å². The van der Waals surface area contributed by atoms with Crippen molar-refractivity contribution in [3.63, 3.8) is 0 Å². The van der Waals surface area contributed by atoms with E-state index in [1.54, 1.807) is 19.1 Å². The first-order valence-electron chi connectivity index (χ1n) is 5.74. The highest BCUT2D eigenvalue weighted by molar-refractivity contribution is 6.33. The molecule has 0 aliphatic heterocycles. The van der Waals surface area contributed by atoms with Crippen LogP contribution in [0.25, 0.3) is 0 Å². The van der Waals surface area contributed by atoms with Gasteiger partial charge in [-0.1, -0.05) is 17.7 Å². The average molecular weight is 270 g/mol. The molecule has 1 amide bonds. The number of nitrogens with one attached hydrogen (secondary N) is 1. The largest absolute Gasteiger partial charge is 0.466 e. The highest BCUT2D eigenvalue weighted by Crippen LogP contribution is 2.22. The number of benzene rings is 1. The number of anilines is 1. The third-order valence-electron chi connectivity index (χ3n) is 2.26. The minimum absolute atomic E-state index is 0.0725. The van der Waals surface area contributed by atoms with E-state index in [1.807, 2.05) is 13.0 Å². The summed E-state index contributed by atoms with van der Waals surface area (Å²) in [6.45, 7) is 3.96. The molecule has 5 heteroatoms. The Hall–Kier alpha value is -1.55. The molecule has 0 aliphatic carbocycles. The van der Waals surface area contributed by atoms with E-state index >= 15 is 0 Å². The number of carbonyl (C=O) groups is 2. The highest BCUT2D eigenvalue weighted by Gasteiger charge is 2.09. The SMILES string of the molecule is CCOC(=O)CCC(=O)Nc1cc(C)ccc1Cl. The fourth-order valence-electron chi connectivity index (χ4n) is 1.40. The molecular formula is C13H16ClNO3. The maximum Gasteiger partial charge on any atom is 0.306 e. The topological polar surface area (TPSA) is 55.4 Å². The highest BCUT2D eigenvalue weighted by atomic mass is 35.5. The number of halogens is 1. The lowest BCUT2D eigenvalue weighted by atomic mass is 10.2. The third kappa shape index (κ3) is 4.75. The molecule has 1 N–H and O–H groups in total. The molecule has 98 valence electrons. The number of rotatable bonds is 5. The Bertz CT molecular complexity index is 446. The summed E-state index contributed by atoms with van der Waals surface area (Å²) in [4.78, 5) is 22.7. The Labute approximate surface area is 111 Å². The van der Waals surface area contributed by atoms with Crippen LogP contribution in [0.15, 0.2) is 18.2 Å². The molecule has 0 saturated heterocycles. The lowest BCUT2D eigenvalue weighted by molar-refractivity contribution is -0.144. The van der Waals surface area contributed by atoms with Crippen LogP contribution in [0.4, 0.5) is 5.69 Å². The lowest BCUT2D eigenvalue weighted by Gasteiger charge is -2.08. The van der Waals surface area contributed by atoms with Crippen molar-refractivity contribution < 1.29 is 14.3 Å². The summed E-state index contributed by atoms with van der Waals surface area (Å²) in [5.41, 5.74) is 1.56. The molecule has 0 spiro atoms. The van der Waals surface area contributed by atoms with Gasteiger partial charge in [-0.05, 0) is 31.5 Å². The summed E-state index contributed by atoms with van der Waals surface area (Å²) in [5, 5.41) is 3.15. The molecule has 1 aromatic carbocycles. The van der Waals surface area contributed by atoms with Crippen LogP contribution in [-0.2, 0) is 14.3 Å². The minimum atomic E-state index is -0.372. The summed E-state index contributed by atoms with van der Waals surface area (Å²) < 4.78 is 4.74. The second kappa shape index (κ2) is 7.01. The second-order valence-electron chi connectivity index (χ2n) is 3.84. The van der Waals surface area contributed by atoms with Crippen molar-refractivity contribution in [2.24, 2.45) is 0 Å². The Balaban J connectivity index is 2.49. The van der Waals surface area contributed by atoms with E-state index < -0.39 is 0 Å². The van der Waals surface area contributed by atoms with E-state index in [2.05, 4.69) is 5.32 Å². The van der Waals surface area contributed by atoms with Crippen LogP contribution < -0.4 is 5.32 Å². The van der Waals surface area contributed by atoms with Crippen molar-refractivity contribution >= 4 is 29.2 Å². The maximum atomic E-state index is 11.6. The van der Waals surface area contributed by atoms with Gasteiger partial charge >= 0.3 is 5.97 Å². The molecule has 0 aliphatic rings. The molecule has 0 unspecified atom stereocenters. The molecule has 0 heterocycles. The summed E-state index contributed by atoms with van der Waals surface area (Å²) >= 11 is 5.95. The van der Waals surface area contributed by atoms with Gasteiger partial charge in [0.25, 0.3) is 0 Å². The van der Waals surface area contributed by atoms with E-state index in [0.717, 1.165) is 5.56 Å². The number of carbonyl (C=O) groups excluding carboxylic acids is 2. The van der Waals surface area contributed by atoms with Crippen LogP contribution in [0, 0.1) is 6.92 Å². The van der Waals surface area contributed by atoms with Gasteiger partial charge < -0.3 is 10.1 Å². The van der Waals surface area contributed by atoms with Crippen molar-refractivity contribution in [3.05, 3.63) is 28.8 Å². The average Bonchev–Trinajstić information content (AvgIpc) is 2.32. The fraction of sp³-hybridized carbons (Fsp3) is 0.385. The Morgan fingerprint density at radius 3 is 2.72 bits per heavy atom. The van der Waals surface area contributed by atoms with Gasteiger partial charge in [0.1, 0.15) is 0 Å². The van der Waals surface area contributed by atoms with Crippen molar-refractivity contribution in [1.29, 1.82) is 0 Å². The Morgan fingerprint density at radius 1 is 1.33 bits per heavy atom. The Kier molecular flexibility index (Phi) is 5.65. The standard InChI is InChI=1S/C13H16ClNO3/c1-3-18-13(17)7-6-12(16)15-11-8-9(2)4-5-10(11)14/h4-5,8H,3,6-7H2,1-2H3,(H,15,16). The smallest absolute Gasteiger partial charge is 0.306 e. The molecule has 4 nitrogen and oxygen atoms in total. The first-order chi connectivity index (χ1) is 8.52. The van der Waals surface area contributed by atoms with Gasteiger partial charge in [0.15, 0.2) is 0 Å². The number of amides is 1. The second-order valence-corrected chi connectivity index (χ2v) is 4.24.